The van der Waals surface area contributed by atoms with Crippen LogP contribution in [0.4, 0.5) is 5.82 Å². The molecule has 0 amide bonds. The van der Waals surface area contributed by atoms with Gasteiger partial charge in [0.15, 0.2) is 0 Å². The second-order valence-electron chi connectivity index (χ2n) is 6.45. The van der Waals surface area contributed by atoms with E-state index in [-0.39, 0.29) is 0 Å². The van der Waals surface area contributed by atoms with Crippen molar-refractivity contribution in [3.63, 3.8) is 0 Å². The zero-order chi connectivity index (χ0) is 16.1. The third-order valence-electron chi connectivity index (χ3n) is 4.53. The second kappa shape index (κ2) is 8.04. The highest BCUT2D eigenvalue weighted by atomic mass is 16.5. The van der Waals surface area contributed by atoms with E-state index in [0.717, 1.165) is 76.3 Å². The van der Waals surface area contributed by atoms with Crippen LogP contribution in [0.25, 0.3) is 0 Å². The van der Waals surface area contributed by atoms with Gasteiger partial charge in [-0.25, -0.2) is 9.97 Å². The van der Waals surface area contributed by atoms with E-state index in [0.29, 0.717) is 6.10 Å². The Balaban J connectivity index is 1.36. The number of anilines is 1. The summed E-state index contributed by atoms with van der Waals surface area (Å²) < 4.78 is 11.3. The molecule has 1 aromatic rings. The lowest BCUT2D eigenvalue weighted by Crippen LogP contribution is -2.47. The van der Waals surface area contributed by atoms with Crippen molar-refractivity contribution in [1.29, 1.82) is 0 Å². The van der Waals surface area contributed by atoms with Gasteiger partial charge in [0.2, 0.25) is 0 Å². The first kappa shape index (κ1) is 16.6. The zero-order valence-corrected chi connectivity index (χ0v) is 14.3. The minimum atomic E-state index is 0.330. The maximum Gasteiger partial charge on any atom is 0.132 e. The molecule has 2 aliphatic heterocycles. The average Bonchev–Trinajstić information content (AvgIpc) is 3.04. The number of nitrogens with zero attached hydrogens (tertiary/aromatic N) is 4. The topological polar surface area (TPSA) is 50.7 Å². The predicted molar refractivity (Wildman–Crippen MR) is 90.0 cm³/mol. The summed E-state index contributed by atoms with van der Waals surface area (Å²) in [5.74, 6) is 1.91. The molecule has 23 heavy (non-hydrogen) atoms. The van der Waals surface area contributed by atoms with Gasteiger partial charge in [-0.3, -0.25) is 4.90 Å². The fourth-order valence-corrected chi connectivity index (χ4v) is 3.24. The van der Waals surface area contributed by atoms with E-state index in [9.17, 15) is 0 Å². The van der Waals surface area contributed by atoms with Gasteiger partial charge in [-0.15, -0.1) is 0 Å². The lowest BCUT2D eigenvalue weighted by Gasteiger charge is -2.35. The second-order valence-corrected chi connectivity index (χ2v) is 6.45. The van der Waals surface area contributed by atoms with E-state index in [1.165, 1.54) is 6.42 Å². The number of ether oxygens (including phenoxy) is 2. The Bertz CT molecular complexity index is 477. The number of rotatable bonds is 6. The summed E-state index contributed by atoms with van der Waals surface area (Å²) in [7, 11) is 0. The Morgan fingerprint density at radius 2 is 2.04 bits per heavy atom. The molecule has 2 saturated heterocycles. The van der Waals surface area contributed by atoms with Gasteiger partial charge in [0.25, 0.3) is 0 Å². The molecule has 2 aliphatic rings. The highest BCUT2D eigenvalue weighted by Gasteiger charge is 2.19. The van der Waals surface area contributed by atoms with E-state index in [2.05, 4.69) is 25.8 Å². The van der Waals surface area contributed by atoms with Crippen molar-refractivity contribution in [3.8, 4) is 0 Å². The molecule has 2 fully saturated rings. The minimum Gasteiger partial charge on any atom is -0.377 e. The minimum absolute atomic E-state index is 0.330. The monoisotopic (exact) mass is 320 g/mol. The predicted octanol–water partition coefficient (Wildman–Crippen LogP) is 1.41. The molecular formula is C17H28N4O2. The lowest BCUT2D eigenvalue weighted by atomic mass is 10.2. The number of piperazine rings is 1. The van der Waals surface area contributed by atoms with E-state index in [4.69, 9.17) is 9.47 Å². The molecule has 1 aromatic heterocycles. The molecule has 0 aromatic carbocycles. The quantitative estimate of drug-likeness (QED) is 0.739. The molecule has 0 spiro atoms. The van der Waals surface area contributed by atoms with Crippen LogP contribution in [-0.2, 0) is 9.47 Å². The standard InChI is InChI=1S/C17H28N4O2/c1-14-12-17(19-15(2)18-14)21-7-5-20(6-8-21)9-11-22-13-16-4-3-10-23-16/h12,16H,3-11,13H2,1-2H3. The Labute approximate surface area is 138 Å². The zero-order valence-electron chi connectivity index (χ0n) is 14.3. The number of aryl methyl sites for hydroxylation is 2. The van der Waals surface area contributed by atoms with Gasteiger partial charge in [-0.2, -0.15) is 0 Å². The molecule has 0 saturated carbocycles. The van der Waals surface area contributed by atoms with E-state index >= 15 is 0 Å². The number of hydrogen-bond acceptors (Lipinski definition) is 6. The third-order valence-corrected chi connectivity index (χ3v) is 4.53. The first-order chi connectivity index (χ1) is 11.2. The van der Waals surface area contributed by atoms with Crippen LogP contribution in [0.15, 0.2) is 6.07 Å². The molecule has 1 atom stereocenters. The average molecular weight is 320 g/mol. The van der Waals surface area contributed by atoms with E-state index in [1.807, 2.05) is 13.8 Å². The van der Waals surface area contributed by atoms with Crippen LogP contribution in [0, 0.1) is 13.8 Å². The summed E-state index contributed by atoms with van der Waals surface area (Å²) >= 11 is 0. The maximum atomic E-state index is 5.76. The van der Waals surface area contributed by atoms with Gasteiger partial charge < -0.3 is 14.4 Å². The van der Waals surface area contributed by atoms with Crippen molar-refractivity contribution in [1.82, 2.24) is 14.9 Å². The van der Waals surface area contributed by atoms with Crippen molar-refractivity contribution in [3.05, 3.63) is 17.6 Å². The lowest BCUT2D eigenvalue weighted by molar-refractivity contribution is 0.0101. The fraction of sp³-hybridized carbons (Fsp3) is 0.765. The van der Waals surface area contributed by atoms with Gasteiger partial charge in [0.05, 0.1) is 19.3 Å². The highest BCUT2D eigenvalue weighted by molar-refractivity contribution is 5.40. The molecule has 0 aliphatic carbocycles. The smallest absolute Gasteiger partial charge is 0.132 e. The molecule has 0 bridgehead atoms. The Kier molecular flexibility index (Phi) is 5.80. The summed E-state index contributed by atoms with van der Waals surface area (Å²) in [6.45, 7) is 11.6. The third kappa shape index (κ3) is 4.86. The fourth-order valence-electron chi connectivity index (χ4n) is 3.24. The van der Waals surface area contributed by atoms with Crippen LogP contribution in [-0.4, -0.2) is 73.5 Å². The van der Waals surface area contributed by atoms with Crippen molar-refractivity contribution >= 4 is 5.82 Å². The Morgan fingerprint density at radius 3 is 2.74 bits per heavy atom. The van der Waals surface area contributed by atoms with Crippen LogP contribution >= 0.6 is 0 Å². The largest absolute Gasteiger partial charge is 0.377 e. The van der Waals surface area contributed by atoms with Gasteiger partial charge in [-0.05, 0) is 26.7 Å². The molecule has 0 N–H and O–H groups in total. The van der Waals surface area contributed by atoms with Crippen LogP contribution in [0.5, 0.6) is 0 Å². The molecule has 128 valence electrons. The molecule has 6 heteroatoms. The summed E-state index contributed by atoms with van der Waals surface area (Å²) in [6, 6.07) is 2.08. The van der Waals surface area contributed by atoms with Crippen LogP contribution in [0.2, 0.25) is 0 Å². The molecular weight excluding hydrogens is 292 g/mol. The highest BCUT2D eigenvalue weighted by Crippen LogP contribution is 2.15. The van der Waals surface area contributed by atoms with Crippen LogP contribution in [0.3, 0.4) is 0 Å². The Hall–Kier alpha value is -1.24. The van der Waals surface area contributed by atoms with E-state index < -0.39 is 0 Å². The van der Waals surface area contributed by atoms with Crippen molar-refractivity contribution < 1.29 is 9.47 Å². The normalized spacial score (nSPS) is 22.7. The summed E-state index contributed by atoms with van der Waals surface area (Å²) in [4.78, 5) is 13.7. The van der Waals surface area contributed by atoms with E-state index in [1.54, 1.807) is 0 Å². The number of aromatic nitrogens is 2. The van der Waals surface area contributed by atoms with Gasteiger partial charge in [0.1, 0.15) is 11.6 Å². The van der Waals surface area contributed by atoms with Gasteiger partial charge in [0, 0.05) is 51.1 Å². The molecule has 3 heterocycles. The van der Waals surface area contributed by atoms with Gasteiger partial charge in [-0.1, -0.05) is 0 Å². The van der Waals surface area contributed by atoms with Crippen molar-refractivity contribution in [2.45, 2.75) is 32.8 Å². The number of hydrogen-bond donors (Lipinski definition) is 0. The first-order valence-electron chi connectivity index (χ1n) is 8.69. The summed E-state index contributed by atoms with van der Waals surface area (Å²) in [5, 5.41) is 0. The molecule has 3 rings (SSSR count). The van der Waals surface area contributed by atoms with Crippen molar-refractivity contribution in [2.24, 2.45) is 0 Å². The van der Waals surface area contributed by atoms with Crippen LogP contribution < -0.4 is 4.90 Å². The van der Waals surface area contributed by atoms with Gasteiger partial charge >= 0.3 is 0 Å². The first-order valence-corrected chi connectivity index (χ1v) is 8.69. The summed E-state index contributed by atoms with van der Waals surface area (Å²) in [5.41, 5.74) is 1.04. The Morgan fingerprint density at radius 1 is 1.22 bits per heavy atom. The van der Waals surface area contributed by atoms with Crippen molar-refractivity contribution in [2.75, 3.05) is 57.4 Å². The molecule has 0 radical (unpaired) electrons. The SMILES string of the molecule is Cc1cc(N2CCN(CCOCC3CCCO3)CC2)nc(C)n1. The molecule has 6 nitrogen and oxygen atoms in total. The maximum absolute atomic E-state index is 5.76. The van der Waals surface area contributed by atoms with Crippen LogP contribution in [0.1, 0.15) is 24.4 Å². The summed E-state index contributed by atoms with van der Waals surface area (Å²) in [6.07, 6.45) is 2.66. The molecule has 1 unspecified atom stereocenters.